The van der Waals surface area contributed by atoms with Crippen molar-refractivity contribution in [3.63, 3.8) is 0 Å². The Morgan fingerprint density at radius 3 is 2.48 bits per heavy atom. The molecule has 5 amide bonds. The quantitative estimate of drug-likeness (QED) is 0.667. The highest BCUT2D eigenvalue weighted by molar-refractivity contribution is 6.09. The van der Waals surface area contributed by atoms with Gasteiger partial charge in [0.25, 0.3) is 5.91 Å². The van der Waals surface area contributed by atoms with Crippen LogP contribution in [0.4, 0.5) is 9.59 Å². The SMILES string of the molecule is CCC1(CC)NC(=O)N(CC(=O)N(C)C2CCN(C(=O)OCc3ccccc3)C2)C1=O. The summed E-state index contributed by atoms with van der Waals surface area (Å²) in [5, 5.41) is 2.73. The summed E-state index contributed by atoms with van der Waals surface area (Å²) in [4.78, 5) is 54.2. The lowest BCUT2D eigenvalue weighted by Crippen LogP contribution is -2.48. The molecule has 0 bridgehead atoms. The van der Waals surface area contributed by atoms with Gasteiger partial charge in [0.05, 0.1) is 6.04 Å². The fourth-order valence-electron chi connectivity index (χ4n) is 4.03. The largest absolute Gasteiger partial charge is 0.445 e. The number of likely N-dealkylation sites (N-methyl/N-ethyl adjacent to an activating group) is 1. The number of nitrogens with zero attached hydrogens (tertiary/aromatic N) is 3. The van der Waals surface area contributed by atoms with Gasteiger partial charge in [-0.25, -0.2) is 9.59 Å². The van der Waals surface area contributed by atoms with Crippen molar-refractivity contribution in [2.45, 2.75) is 51.3 Å². The minimum absolute atomic E-state index is 0.193. The predicted octanol–water partition coefficient (Wildman–Crippen LogP) is 1.97. The number of likely N-dealkylation sites (tertiary alicyclic amines) is 1. The van der Waals surface area contributed by atoms with Gasteiger partial charge in [-0.2, -0.15) is 0 Å². The Morgan fingerprint density at radius 1 is 1.19 bits per heavy atom. The van der Waals surface area contributed by atoms with Crippen LogP contribution < -0.4 is 5.32 Å². The lowest BCUT2D eigenvalue weighted by molar-refractivity contribution is -0.139. The molecule has 1 N–H and O–H groups in total. The standard InChI is InChI=1S/C22H30N4O5/c1-4-22(5-2)19(28)26(20(29)23-22)14-18(27)24(3)17-11-12-25(13-17)21(30)31-15-16-9-7-6-8-10-16/h6-10,17H,4-5,11-15H2,1-3H3,(H,23,29). The van der Waals surface area contributed by atoms with Crippen molar-refractivity contribution < 1.29 is 23.9 Å². The second-order valence-electron chi connectivity index (χ2n) is 8.04. The van der Waals surface area contributed by atoms with Crippen LogP contribution in [0.3, 0.4) is 0 Å². The molecule has 2 saturated heterocycles. The maximum Gasteiger partial charge on any atom is 0.410 e. The van der Waals surface area contributed by atoms with Gasteiger partial charge < -0.3 is 19.9 Å². The first-order chi connectivity index (χ1) is 14.8. The molecule has 3 rings (SSSR count). The smallest absolute Gasteiger partial charge is 0.410 e. The van der Waals surface area contributed by atoms with Crippen LogP contribution in [0.5, 0.6) is 0 Å². The molecule has 0 aliphatic carbocycles. The highest BCUT2D eigenvalue weighted by atomic mass is 16.6. The molecular weight excluding hydrogens is 400 g/mol. The molecule has 9 nitrogen and oxygen atoms in total. The van der Waals surface area contributed by atoms with Gasteiger partial charge in [-0.05, 0) is 24.8 Å². The monoisotopic (exact) mass is 430 g/mol. The first-order valence-corrected chi connectivity index (χ1v) is 10.7. The number of rotatable bonds is 7. The number of amides is 5. The molecule has 1 aromatic carbocycles. The normalized spacial score (nSPS) is 20.0. The molecule has 1 atom stereocenters. The second-order valence-corrected chi connectivity index (χ2v) is 8.04. The van der Waals surface area contributed by atoms with E-state index in [0.717, 1.165) is 10.5 Å². The highest BCUT2D eigenvalue weighted by Gasteiger charge is 2.49. The highest BCUT2D eigenvalue weighted by Crippen LogP contribution is 2.25. The molecule has 0 spiro atoms. The van der Waals surface area contributed by atoms with Crippen LogP contribution in [0, 0.1) is 0 Å². The Balaban J connectivity index is 1.52. The second kappa shape index (κ2) is 9.36. The maximum atomic E-state index is 12.8. The fraction of sp³-hybridized carbons (Fsp3) is 0.545. The number of carbonyl (C=O) groups excluding carboxylic acids is 4. The minimum Gasteiger partial charge on any atom is -0.445 e. The zero-order chi connectivity index (χ0) is 22.6. The van der Waals surface area contributed by atoms with Crippen molar-refractivity contribution in [1.29, 1.82) is 0 Å². The van der Waals surface area contributed by atoms with E-state index in [9.17, 15) is 19.2 Å². The Labute approximate surface area is 182 Å². The van der Waals surface area contributed by atoms with Gasteiger partial charge in [0.15, 0.2) is 0 Å². The van der Waals surface area contributed by atoms with Crippen molar-refractivity contribution in [3.05, 3.63) is 35.9 Å². The van der Waals surface area contributed by atoms with E-state index in [-0.39, 0.29) is 31.0 Å². The minimum atomic E-state index is -0.928. The molecule has 2 fully saturated rings. The third-order valence-electron chi connectivity index (χ3n) is 6.31. The summed E-state index contributed by atoms with van der Waals surface area (Å²) < 4.78 is 5.36. The Kier molecular flexibility index (Phi) is 6.82. The number of carbonyl (C=O) groups is 4. The number of imide groups is 1. The van der Waals surface area contributed by atoms with E-state index in [1.54, 1.807) is 11.9 Å². The van der Waals surface area contributed by atoms with E-state index in [0.29, 0.717) is 32.4 Å². The molecule has 31 heavy (non-hydrogen) atoms. The van der Waals surface area contributed by atoms with E-state index in [1.807, 2.05) is 44.2 Å². The van der Waals surface area contributed by atoms with Crippen LogP contribution in [0.1, 0.15) is 38.7 Å². The van der Waals surface area contributed by atoms with Gasteiger partial charge >= 0.3 is 12.1 Å². The summed E-state index contributed by atoms with van der Waals surface area (Å²) in [6.07, 6.45) is 1.13. The van der Waals surface area contributed by atoms with Crippen molar-refractivity contribution in [2.24, 2.45) is 0 Å². The number of nitrogens with one attached hydrogen (secondary N) is 1. The summed E-state index contributed by atoms with van der Waals surface area (Å²) in [5.74, 6) is -0.696. The van der Waals surface area contributed by atoms with E-state index in [4.69, 9.17) is 4.74 Å². The Morgan fingerprint density at radius 2 is 1.87 bits per heavy atom. The van der Waals surface area contributed by atoms with Crippen LogP contribution in [-0.4, -0.2) is 76.9 Å². The molecule has 9 heteroatoms. The number of benzene rings is 1. The average Bonchev–Trinajstić information content (AvgIpc) is 3.37. The number of urea groups is 1. The van der Waals surface area contributed by atoms with Gasteiger partial charge in [-0.15, -0.1) is 0 Å². The van der Waals surface area contributed by atoms with Crippen molar-refractivity contribution in [2.75, 3.05) is 26.7 Å². The molecular formula is C22H30N4O5. The van der Waals surface area contributed by atoms with Crippen LogP contribution in [-0.2, 0) is 20.9 Å². The van der Waals surface area contributed by atoms with E-state index >= 15 is 0 Å². The lowest BCUT2D eigenvalue weighted by atomic mass is 9.93. The van der Waals surface area contributed by atoms with Gasteiger partial charge in [0.2, 0.25) is 5.91 Å². The topological polar surface area (TPSA) is 99.3 Å². The number of hydrogen-bond acceptors (Lipinski definition) is 5. The summed E-state index contributed by atoms with van der Waals surface area (Å²) in [7, 11) is 1.64. The Bertz CT molecular complexity index is 840. The first kappa shape index (κ1) is 22.6. The molecule has 2 heterocycles. The van der Waals surface area contributed by atoms with E-state index < -0.39 is 17.7 Å². The van der Waals surface area contributed by atoms with E-state index in [2.05, 4.69) is 5.32 Å². The van der Waals surface area contributed by atoms with Crippen molar-refractivity contribution in [1.82, 2.24) is 20.0 Å². The van der Waals surface area contributed by atoms with Gasteiger partial charge in [0.1, 0.15) is 18.7 Å². The number of ether oxygens (including phenoxy) is 1. The summed E-state index contributed by atoms with van der Waals surface area (Å²) >= 11 is 0. The molecule has 168 valence electrons. The summed E-state index contributed by atoms with van der Waals surface area (Å²) in [6, 6.07) is 8.69. The average molecular weight is 431 g/mol. The van der Waals surface area contributed by atoms with Gasteiger partial charge in [-0.1, -0.05) is 44.2 Å². The van der Waals surface area contributed by atoms with Crippen LogP contribution >= 0.6 is 0 Å². The van der Waals surface area contributed by atoms with Gasteiger partial charge in [-0.3, -0.25) is 14.5 Å². The molecule has 1 aromatic rings. The lowest BCUT2D eigenvalue weighted by Gasteiger charge is -2.27. The van der Waals surface area contributed by atoms with Crippen LogP contribution in [0.2, 0.25) is 0 Å². The number of hydrogen-bond donors (Lipinski definition) is 1. The summed E-state index contributed by atoms with van der Waals surface area (Å²) in [6.45, 7) is 4.39. The first-order valence-electron chi connectivity index (χ1n) is 10.7. The fourth-order valence-corrected chi connectivity index (χ4v) is 4.03. The van der Waals surface area contributed by atoms with Crippen molar-refractivity contribution in [3.8, 4) is 0 Å². The Hall–Kier alpha value is -3.10. The molecule has 2 aliphatic heterocycles. The van der Waals surface area contributed by atoms with Crippen molar-refractivity contribution >= 4 is 23.9 Å². The molecule has 0 radical (unpaired) electrons. The third-order valence-corrected chi connectivity index (χ3v) is 6.31. The zero-order valence-electron chi connectivity index (χ0n) is 18.3. The van der Waals surface area contributed by atoms with E-state index in [1.165, 1.54) is 4.90 Å². The zero-order valence-corrected chi connectivity index (χ0v) is 18.3. The maximum absolute atomic E-state index is 12.8. The van der Waals surface area contributed by atoms with Gasteiger partial charge in [0, 0.05) is 20.1 Å². The third kappa shape index (κ3) is 4.65. The molecule has 2 aliphatic rings. The molecule has 0 aromatic heterocycles. The summed E-state index contributed by atoms with van der Waals surface area (Å²) in [5.41, 5.74) is -0.0227. The molecule has 0 saturated carbocycles. The van der Waals surface area contributed by atoms with Crippen LogP contribution in [0.25, 0.3) is 0 Å². The van der Waals surface area contributed by atoms with Crippen LogP contribution in [0.15, 0.2) is 30.3 Å². The molecule has 1 unspecified atom stereocenters. The predicted molar refractivity (Wildman–Crippen MR) is 113 cm³/mol.